The Hall–Kier alpha value is -0.860. The molecule has 1 aliphatic rings. The molecule has 1 aliphatic heterocycles. The molecular weight excluding hydrogens is 306 g/mol. The molecule has 7 nitrogen and oxygen atoms in total. The van der Waals surface area contributed by atoms with Crippen LogP contribution in [0.15, 0.2) is 0 Å². The van der Waals surface area contributed by atoms with Crippen molar-refractivity contribution >= 4 is 16.1 Å². The molecule has 0 radical (unpaired) electrons. The largest absolute Gasteiger partial charge is 0.453 e. The molecule has 1 amide bonds. The van der Waals surface area contributed by atoms with Gasteiger partial charge < -0.3 is 14.5 Å². The topological polar surface area (TPSA) is 70.2 Å². The Bertz CT molecular complexity index is 487. The molecule has 1 heterocycles. The van der Waals surface area contributed by atoms with Crippen LogP contribution in [-0.2, 0) is 14.8 Å². The third kappa shape index (κ3) is 5.10. The zero-order valence-electron chi connectivity index (χ0n) is 14.5. The summed E-state index contributed by atoms with van der Waals surface area (Å²) in [4.78, 5) is 15.7. The maximum Gasteiger partial charge on any atom is 0.409 e. The summed E-state index contributed by atoms with van der Waals surface area (Å²) in [6, 6.07) is 0.189. The second-order valence-electron chi connectivity index (χ2n) is 6.84. The first-order valence-electron chi connectivity index (χ1n) is 7.47. The normalized spacial score (nSPS) is 20.4. The smallest absolute Gasteiger partial charge is 0.409 e. The Kier molecular flexibility index (Phi) is 6.23. The first kappa shape index (κ1) is 19.2. The van der Waals surface area contributed by atoms with Crippen LogP contribution in [-0.4, -0.2) is 86.8 Å². The van der Waals surface area contributed by atoms with Crippen molar-refractivity contribution in [3.8, 4) is 0 Å². The van der Waals surface area contributed by atoms with Gasteiger partial charge in [0.05, 0.1) is 13.4 Å². The summed E-state index contributed by atoms with van der Waals surface area (Å²) < 4.78 is 29.5. The van der Waals surface area contributed by atoms with Crippen LogP contribution in [0.5, 0.6) is 0 Å². The summed E-state index contributed by atoms with van der Waals surface area (Å²) in [5.74, 6) is 0. The van der Waals surface area contributed by atoms with Crippen LogP contribution in [0.3, 0.4) is 0 Å². The number of likely N-dealkylation sites (N-methyl/N-ethyl adjacent to an activating group) is 1. The van der Waals surface area contributed by atoms with Gasteiger partial charge in [-0.3, -0.25) is 0 Å². The lowest BCUT2D eigenvalue weighted by Crippen LogP contribution is -2.49. The molecular formula is C14H29N3O4S. The highest BCUT2D eigenvalue weighted by Gasteiger charge is 2.32. The molecule has 1 saturated heterocycles. The third-order valence-electron chi connectivity index (χ3n) is 4.10. The van der Waals surface area contributed by atoms with Gasteiger partial charge in [0.2, 0.25) is 10.0 Å². The Morgan fingerprint density at radius 2 is 1.91 bits per heavy atom. The average Bonchev–Trinajstić information content (AvgIpc) is 2.86. The summed E-state index contributed by atoms with van der Waals surface area (Å²) in [5.41, 5.74) is -0.317. The van der Waals surface area contributed by atoms with E-state index in [-0.39, 0.29) is 17.7 Å². The van der Waals surface area contributed by atoms with Crippen molar-refractivity contribution in [3.05, 3.63) is 0 Å². The molecule has 0 aromatic rings. The monoisotopic (exact) mass is 335 g/mol. The third-order valence-corrected chi connectivity index (χ3v) is 5.37. The van der Waals surface area contributed by atoms with Crippen molar-refractivity contribution in [3.63, 3.8) is 0 Å². The lowest BCUT2D eigenvalue weighted by Gasteiger charge is -2.36. The first-order chi connectivity index (χ1) is 9.96. The Morgan fingerprint density at radius 3 is 2.32 bits per heavy atom. The lowest BCUT2D eigenvalue weighted by atomic mass is 10.1. The molecule has 0 aromatic heterocycles. The highest BCUT2D eigenvalue weighted by atomic mass is 32.2. The number of amides is 1. The number of ether oxygens (including phenoxy) is 1. The summed E-state index contributed by atoms with van der Waals surface area (Å²) in [7, 11) is 0.229. The van der Waals surface area contributed by atoms with Gasteiger partial charge in [0.25, 0.3) is 0 Å². The number of hydrogen-bond acceptors (Lipinski definition) is 5. The van der Waals surface area contributed by atoms with E-state index in [1.807, 2.05) is 27.8 Å². The average molecular weight is 335 g/mol. The van der Waals surface area contributed by atoms with Gasteiger partial charge in [0.1, 0.15) is 0 Å². The second kappa shape index (κ2) is 7.14. The van der Waals surface area contributed by atoms with E-state index in [1.54, 1.807) is 4.90 Å². The van der Waals surface area contributed by atoms with Gasteiger partial charge in [0, 0.05) is 37.8 Å². The Balaban J connectivity index is 2.58. The number of methoxy groups -OCH3 is 1. The number of carbonyl (C=O) groups excluding carboxylic acids is 1. The van der Waals surface area contributed by atoms with Gasteiger partial charge in [-0.15, -0.1) is 0 Å². The van der Waals surface area contributed by atoms with Crippen LogP contribution in [0, 0.1) is 0 Å². The fourth-order valence-electron chi connectivity index (χ4n) is 2.62. The minimum atomic E-state index is -3.12. The first-order valence-corrected chi connectivity index (χ1v) is 9.32. The maximum absolute atomic E-state index is 11.9. The highest BCUT2D eigenvalue weighted by molar-refractivity contribution is 7.88. The minimum absolute atomic E-state index is 0.189. The number of hydrogen-bond donors (Lipinski definition) is 0. The van der Waals surface area contributed by atoms with Crippen molar-refractivity contribution in [2.45, 2.75) is 38.8 Å². The fraction of sp³-hybridized carbons (Fsp3) is 0.929. The molecule has 8 heteroatoms. The van der Waals surface area contributed by atoms with E-state index in [0.717, 1.165) is 6.42 Å². The number of sulfonamides is 1. The van der Waals surface area contributed by atoms with Gasteiger partial charge in [-0.25, -0.2) is 17.5 Å². The highest BCUT2D eigenvalue weighted by Crippen LogP contribution is 2.18. The SMILES string of the molecule is COC(=O)N(CCN(C)[C@@H]1CCN(S(C)(=O)=O)C1)C(C)(C)C. The van der Waals surface area contributed by atoms with E-state index in [0.29, 0.717) is 26.2 Å². The molecule has 0 aromatic carbocycles. The van der Waals surface area contributed by atoms with Crippen LogP contribution in [0.2, 0.25) is 0 Å². The van der Waals surface area contributed by atoms with Crippen molar-refractivity contribution in [1.82, 2.24) is 14.1 Å². The van der Waals surface area contributed by atoms with Gasteiger partial charge >= 0.3 is 6.09 Å². The molecule has 0 aliphatic carbocycles. The molecule has 0 saturated carbocycles. The van der Waals surface area contributed by atoms with Crippen molar-refractivity contribution < 1.29 is 17.9 Å². The number of rotatable bonds is 5. The van der Waals surface area contributed by atoms with Gasteiger partial charge in [-0.05, 0) is 34.2 Å². The molecule has 0 N–H and O–H groups in total. The van der Waals surface area contributed by atoms with Crippen molar-refractivity contribution in [2.75, 3.05) is 46.6 Å². The van der Waals surface area contributed by atoms with E-state index in [9.17, 15) is 13.2 Å². The fourth-order valence-corrected chi connectivity index (χ4v) is 3.50. The minimum Gasteiger partial charge on any atom is -0.453 e. The molecule has 0 unspecified atom stereocenters. The van der Waals surface area contributed by atoms with Gasteiger partial charge in [0.15, 0.2) is 0 Å². The van der Waals surface area contributed by atoms with Gasteiger partial charge in [-0.2, -0.15) is 0 Å². The van der Waals surface area contributed by atoms with Crippen LogP contribution in [0.1, 0.15) is 27.2 Å². The summed E-state index contributed by atoms with van der Waals surface area (Å²) in [5, 5.41) is 0. The summed E-state index contributed by atoms with van der Waals surface area (Å²) >= 11 is 0. The lowest BCUT2D eigenvalue weighted by molar-refractivity contribution is 0.0751. The standard InChI is InChI=1S/C14H29N3O4S/c1-14(2,3)17(13(18)21-5)10-9-15(4)12-7-8-16(11-12)22(6,19)20/h12H,7-11H2,1-6H3/t12-/m1/s1. The molecule has 0 bridgehead atoms. The van der Waals surface area contributed by atoms with E-state index < -0.39 is 10.0 Å². The van der Waals surface area contributed by atoms with Crippen LogP contribution >= 0.6 is 0 Å². The van der Waals surface area contributed by atoms with Crippen LogP contribution < -0.4 is 0 Å². The van der Waals surface area contributed by atoms with E-state index in [2.05, 4.69) is 4.90 Å². The second-order valence-corrected chi connectivity index (χ2v) is 8.82. The summed E-state index contributed by atoms with van der Waals surface area (Å²) in [6.45, 7) is 8.19. The zero-order chi connectivity index (χ0) is 17.1. The maximum atomic E-state index is 11.9. The Morgan fingerprint density at radius 1 is 1.32 bits per heavy atom. The predicted molar refractivity (Wildman–Crippen MR) is 86.3 cm³/mol. The molecule has 1 rings (SSSR count). The molecule has 1 atom stereocenters. The number of nitrogens with zero attached hydrogens (tertiary/aromatic N) is 3. The Labute approximate surface area is 134 Å². The molecule has 0 spiro atoms. The van der Waals surface area contributed by atoms with Crippen molar-refractivity contribution in [2.24, 2.45) is 0 Å². The quantitative estimate of drug-likeness (QED) is 0.744. The predicted octanol–water partition coefficient (Wildman–Crippen LogP) is 0.819. The van der Waals surface area contributed by atoms with E-state index in [4.69, 9.17) is 4.74 Å². The van der Waals surface area contributed by atoms with Crippen LogP contribution in [0.4, 0.5) is 4.79 Å². The number of carbonyl (C=O) groups is 1. The van der Waals surface area contributed by atoms with E-state index in [1.165, 1.54) is 17.7 Å². The summed E-state index contributed by atoms with van der Waals surface area (Å²) in [6.07, 6.45) is 1.72. The molecule has 1 fully saturated rings. The zero-order valence-corrected chi connectivity index (χ0v) is 15.3. The van der Waals surface area contributed by atoms with Crippen LogP contribution in [0.25, 0.3) is 0 Å². The molecule has 22 heavy (non-hydrogen) atoms. The van der Waals surface area contributed by atoms with Gasteiger partial charge in [-0.1, -0.05) is 0 Å². The van der Waals surface area contributed by atoms with Crippen molar-refractivity contribution in [1.29, 1.82) is 0 Å². The molecule has 130 valence electrons. The van der Waals surface area contributed by atoms with E-state index >= 15 is 0 Å².